The maximum atomic E-state index is 13.1. The Balaban J connectivity index is 1.81. The van der Waals surface area contributed by atoms with Crippen LogP contribution in [0.25, 0.3) is 6.08 Å². The van der Waals surface area contributed by atoms with Crippen LogP contribution in [0.3, 0.4) is 0 Å². The number of carbonyl (C=O) groups excluding carboxylic acids is 2. The average Bonchev–Trinajstić information content (AvgIpc) is 2.95. The van der Waals surface area contributed by atoms with Crippen molar-refractivity contribution in [3.63, 3.8) is 0 Å². The van der Waals surface area contributed by atoms with Gasteiger partial charge in [-0.25, -0.2) is 5.43 Å². The summed E-state index contributed by atoms with van der Waals surface area (Å²) in [4.78, 5) is 30.6. The molecule has 0 spiro atoms. The van der Waals surface area contributed by atoms with Crippen LogP contribution >= 0.6 is 11.6 Å². The third-order valence-electron chi connectivity index (χ3n) is 6.35. The minimum atomic E-state index is -0.556. The molecule has 0 saturated carbocycles. The van der Waals surface area contributed by atoms with Crippen LogP contribution in [0, 0.1) is 0 Å². The van der Waals surface area contributed by atoms with Crippen LogP contribution in [-0.4, -0.2) is 44.2 Å². The largest absolute Gasteiger partial charge is 0.372 e. The van der Waals surface area contributed by atoms with Gasteiger partial charge in [-0.3, -0.25) is 9.59 Å². The van der Waals surface area contributed by atoms with E-state index >= 15 is 0 Å². The molecule has 8 heteroatoms. The summed E-state index contributed by atoms with van der Waals surface area (Å²) >= 11 is 6.21. The smallest absolute Gasteiger partial charge is 0.287 e. The molecular weight excluding hydrogens is 510 g/mol. The highest BCUT2D eigenvalue weighted by Crippen LogP contribution is 2.18. The van der Waals surface area contributed by atoms with E-state index < -0.39 is 11.8 Å². The fourth-order valence-corrected chi connectivity index (χ4v) is 4.34. The van der Waals surface area contributed by atoms with E-state index in [-0.39, 0.29) is 11.3 Å². The number of hydrogen-bond donors (Lipinski definition) is 2. The predicted octanol–water partition coefficient (Wildman–Crippen LogP) is 5.95. The zero-order valence-electron chi connectivity index (χ0n) is 22.9. The van der Waals surface area contributed by atoms with Gasteiger partial charge in [-0.1, -0.05) is 48.0 Å². The second-order valence-electron chi connectivity index (χ2n) is 8.72. The Morgan fingerprint density at radius 1 is 0.769 bits per heavy atom. The van der Waals surface area contributed by atoms with Crippen LogP contribution in [0.15, 0.2) is 83.6 Å². The molecule has 39 heavy (non-hydrogen) atoms. The summed E-state index contributed by atoms with van der Waals surface area (Å²) in [5.74, 6) is -1.04. The van der Waals surface area contributed by atoms with E-state index in [1.807, 2.05) is 48.5 Å². The normalized spacial score (nSPS) is 11.4. The van der Waals surface area contributed by atoms with Crippen LogP contribution in [0.2, 0.25) is 5.02 Å². The molecular formula is C31H36ClN5O2. The van der Waals surface area contributed by atoms with E-state index in [4.69, 9.17) is 11.6 Å². The average molecular weight is 546 g/mol. The Bertz CT molecular complexity index is 1300. The molecule has 0 aliphatic carbocycles. The van der Waals surface area contributed by atoms with Crippen LogP contribution in [0.5, 0.6) is 0 Å². The Labute approximate surface area is 236 Å². The van der Waals surface area contributed by atoms with Gasteiger partial charge in [-0.2, -0.15) is 5.10 Å². The second-order valence-corrected chi connectivity index (χ2v) is 9.13. The van der Waals surface area contributed by atoms with Gasteiger partial charge in [0.15, 0.2) is 0 Å². The lowest BCUT2D eigenvalue weighted by Crippen LogP contribution is -2.33. The number of nitrogens with zero attached hydrogens (tertiary/aromatic N) is 3. The van der Waals surface area contributed by atoms with E-state index in [0.29, 0.717) is 5.02 Å². The molecule has 0 heterocycles. The molecule has 3 aromatic carbocycles. The fraction of sp³-hybridized carbons (Fsp3) is 0.258. The van der Waals surface area contributed by atoms with Crippen molar-refractivity contribution in [3.8, 4) is 0 Å². The number of anilines is 2. The van der Waals surface area contributed by atoms with Crippen molar-refractivity contribution in [2.45, 2.75) is 27.7 Å². The van der Waals surface area contributed by atoms with E-state index in [9.17, 15) is 9.59 Å². The molecule has 0 unspecified atom stereocenters. The first-order valence-electron chi connectivity index (χ1n) is 13.2. The van der Waals surface area contributed by atoms with Crippen molar-refractivity contribution in [2.75, 3.05) is 36.0 Å². The summed E-state index contributed by atoms with van der Waals surface area (Å²) in [5, 5.41) is 7.11. The monoisotopic (exact) mass is 545 g/mol. The van der Waals surface area contributed by atoms with Gasteiger partial charge in [0, 0.05) is 37.6 Å². The molecule has 0 aliphatic heterocycles. The van der Waals surface area contributed by atoms with Gasteiger partial charge >= 0.3 is 0 Å². The van der Waals surface area contributed by atoms with Crippen molar-refractivity contribution in [2.24, 2.45) is 5.10 Å². The third-order valence-corrected chi connectivity index (χ3v) is 6.67. The van der Waals surface area contributed by atoms with E-state index in [1.54, 1.807) is 36.6 Å². The quantitative estimate of drug-likeness (QED) is 0.167. The van der Waals surface area contributed by atoms with Crippen molar-refractivity contribution >= 4 is 47.1 Å². The highest BCUT2D eigenvalue weighted by atomic mass is 35.5. The SMILES string of the molecule is CCN(CC)c1ccc(/C=C(\NC(=O)c2ccccc2Cl)C(=O)N/N=C/c2ccc(N(CC)CC)cc2)cc1. The van der Waals surface area contributed by atoms with Gasteiger partial charge in [0.05, 0.1) is 16.8 Å². The fourth-order valence-electron chi connectivity index (χ4n) is 4.12. The summed E-state index contributed by atoms with van der Waals surface area (Å²) in [6.45, 7) is 12.1. The molecule has 2 N–H and O–H groups in total. The van der Waals surface area contributed by atoms with Crippen LogP contribution in [-0.2, 0) is 4.79 Å². The van der Waals surface area contributed by atoms with Crippen LogP contribution < -0.4 is 20.5 Å². The molecule has 0 aliphatic rings. The number of hydrazone groups is 1. The maximum Gasteiger partial charge on any atom is 0.287 e. The minimum absolute atomic E-state index is 0.0459. The van der Waals surface area contributed by atoms with Gasteiger partial charge < -0.3 is 15.1 Å². The summed E-state index contributed by atoms with van der Waals surface area (Å²) in [7, 11) is 0. The number of halogens is 1. The predicted molar refractivity (Wildman–Crippen MR) is 163 cm³/mol. The first-order chi connectivity index (χ1) is 18.9. The second kappa shape index (κ2) is 14.7. The van der Waals surface area contributed by atoms with Gasteiger partial charge in [0.25, 0.3) is 11.8 Å². The third kappa shape index (κ3) is 8.19. The number of benzene rings is 3. The summed E-state index contributed by atoms with van der Waals surface area (Å²) in [6, 6.07) is 22.4. The van der Waals surface area contributed by atoms with Crippen LogP contribution in [0.1, 0.15) is 49.2 Å². The van der Waals surface area contributed by atoms with Crippen molar-refractivity contribution in [1.82, 2.24) is 10.7 Å². The van der Waals surface area contributed by atoms with E-state index in [1.165, 1.54) is 0 Å². The lowest BCUT2D eigenvalue weighted by Gasteiger charge is -2.21. The molecule has 204 valence electrons. The standard InChI is InChI=1S/C31H36ClN5O2/c1-5-36(6-2)25-17-13-23(14-18-25)21-29(34-30(38)27-11-9-10-12-28(27)32)31(39)35-33-22-24-15-19-26(20-16-24)37(7-3)8-4/h9-22H,5-8H2,1-4H3,(H,34,38)(H,35,39)/b29-21-,33-22+. The molecule has 0 radical (unpaired) electrons. The Morgan fingerprint density at radius 2 is 1.28 bits per heavy atom. The summed E-state index contributed by atoms with van der Waals surface area (Å²) in [5.41, 5.74) is 6.64. The molecule has 0 fully saturated rings. The van der Waals surface area contributed by atoms with E-state index in [0.717, 1.165) is 48.7 Å². The molecule has 0 aromatic heterocycles. The number of hydrogen-bond acceptors (Lipinski definition) is 5. The molecule has 3 aromatic rings. The Morgan fingerprint density at radius 3 is 1.79 bits per heavy atom. The topological polar surface area (TPSA) is 77.0 Å². The zero-order chi connectivity index (χ0) is 28.2. The first-order valence-corrected chi connectivity index (χ1v) is 13.6. The van der Waals surface area contributed by atoms with Gasteiger partial charge in [0.1, 0.15) is 5.70 Å². The molecule has 7 nitrogen and oxygen atoms in total. The number of nitrogens with one attached hydrogen (secondary N) is 2. The lowest BCUT2D eigenvalue weighted by molar-refractivity contribution is -0.117. The van der Waals surface area contributed by atoms with Crippen LogP contribution in [0.4, 0.5) is 11.4 Å². The van der Waals surface area contributed by atoms with Crippen molar-refractivity contribution < 1.29 is 9.59 Å². The highest BCUT2D eigenvalue weighted by molar-refractivity contribution is 6.34. The number of amides is 2. The van der Waals surface area contributed by atoms with Gasteiger partial charge in [-0.05, 0) is 81.3 Å². The van der Waals surface area contributed by atoms with Crippen molar-refractivity contribution in [1.29, 1.82) is 0 Å². The highest BCUT2D eigenvalue weighted by Gasteiger charge is 2.16. The molecule has 3 rings (SSSR count). The molecule has 2 amide bonds. The number of rotatable bonds is 12. The zero-order valence-corrected chi connectivity index (χ0v) is 23.7. The summed E-state index contributed by atoms with van der Waals surface area (Å²) < 4.78 is 0. The van der Waals surface area contributed by atoms with Crippen molar-refractivity contribution in [3.05, 3.63) is 100 Å². The molecule has 0 atom stereocenters. The Hall–Kier alpha value is -4.10. The first kappa shape index (κ1) is 29.5. The van der Waals surface area contributed by atoms with Gasteiger partial charge in [0.2, 0.25) is 0 Å². The van der Waals surface area contributed by atoms with E-state index in [2.05, 4.69) is 53.3 Å². The molecule has 0 bridgehead atoms. The lowest BCUT2D eigenvalue weighted by atomic mass is 10.1. The maximum absolute atomic E-state index is 13.1. The van der Waals surface area contributed by atoms with Gasteiger partial charge in [-0.15, -0.1) is 0 Å². The Kier molecular flexibility index (Phi) is 11.1. The minimum Gasteiger partial charge on any atom is -0.372 e. The summed E-state index contributed by atoms with van der Waals surface area (Å²) in [6.07, 6.45) is 3.18. The number of carbonyl (C=O) groups is 2. The molecule has 0 saturated heterocycles.